The van der Waals surface area contributed by atoms with Crippen LogP contribution in [0.2, 0.25) is 0 Å². The summed E-state index contributed by atoms with van der Waals surface area (Å²) in [6.07, 6.45) is 0. The molecule has 2 rings (SSSR count). The molecule has 2 aromatic rings. The highest BCUT2D eigenvalue weighted by atomic mass is 32.2. The number of nitrogens with one attached hydrogen (secondary N) is 1. The standard InChI is InChI=1S/C15H18N2O2S/c1-11-3-7-14(8-4-11)17-20(18,19)15-9-5-13(6-10-15)12(2)16/h3-10,12,17H,16H2,1-2H3. The van der Waals surface area contributed by atoms with Crippen molar-refractivity contribution >= 4 is 15.7 Å². The van der Waals surface area contributed by atoms with Gasteiger partial charge in [0.15, 0.2) is 0 Å². The molecule has 0 fully saturated rings. The largest absolute Gasteiger partial charge is 0.324 e. The molecule has 5 heteroatoms. The Morgan fingerprint density at radius 1 is 1.00 bits per heavy atom. The van der Waals surface area contributed by atoms with Gasteiger partial charge in [0.1, 0.15) is 0 Å². The zero-order chi connectivity index (χ0) is 14.8. The van der Waals surface area contributed by atoms with E-state index < -0.39 is 10.0 Å². The highest BCUT2D eigenvalue weighted by molar-refractivity contribution is 7.92. The van der Waals surface area contributed by atoms with Crippen LogP contribution in [0.1, 0.15) is 24.1 Å². The van der Waals surface area contributed by atoms with Gasteiger partial charge in [-0.3, -0.25) is 4.72 Å². The summed E-state index contributed by atoms with van der Waals surface area (Å²) in [4.78, 5) is 0.225. The molecule has 0 aliphatic heterocycles. The van der Waals surface area contributed by atoms with Crippen molar-refractivity contribution in [2.24, 2.45) is 5.73 Å². The second-order valence-electron chi connectivity index (χ2n) is 4.83. The van der Waals surface area contributed by atoms with Crippen LogP contribution in [0.15, 0.2) is 53.4 Å². The molecule has 0 heterocycles. The van der Waals surface area contributed by atoms with Crippen LogP contribution in [-0.2, 0) is 10.0 Å². The van der Waals surface area contributed by atoms with Gasteiger partial charge in [-0.2, -0.15) is 0 Å². The number of nitrogens with two attached hydrogens (primary N) is 1. The Morgan fingerprint density at radius 3 is 2.05 bits per heavy atom. The third-order valence-corrected chi connectivity index (χ3v) is 4.42. The molecule has 0 aliphatic rings. The van der Waals surface area contributed by atoms with Gasteiger partial charge < -0.3 is 5.73 Å². The first kappa shape index (κ1) is 14.6. The van der Waals surface area contributed by atoms with Gasteiger partial charge in [-0.05, 0) is 43.7 Å². The van der Waals surface area contributed by atoms with E-state index in [-0.39, 0.29) is 10.9 Å². The maximum Gasteiger partial charge on any atom is 0.261 e. The predicted molar refractivity (Wildman–Crippen MR) is 81.0 cm³/mol. The van der Waals surface area contributed by atoms with Crippen molar-refractivity contribution in [2.75, 3.05) is 4.72 Å². The maximum absolute atomic E-state index is 12.2. The molecule has 0 saturated heterocycles. The normalized spacial score (nSPS) is 12.9. The lowest BCUT2D eigenvalue weighted by Crippen LogP contribution is -2.13. The summed E-state index contributed by atoms with van der Waals surface area (Å²) < 4.78 is 27.0. The average Bonchev–Trinajstić information content (AvgIpc) is 2.41. The van der Waals surface area contributed by atoms with E-state index in [1.165, 1.54) is 0 Å². The fourth-order valence-corrected chi connectivity index (χ4v) is 2.84. The molecular weight excluding hydrogens is 272 g/mol. The van der Waals surface area contributed by atoms with Crippen LogP contribution >= 0.6 is 0 Å². The zero-order valence-corrected chi connectivity index (χ0v) is 12.3. The summed E-state index contributed by atoms with van der Waals surface area (Å²) >= 11 is 0. The van der Waals surface area contributed by atoms with Crippen molar-refractivity contribution in [3.63, 3.8) is 0 Å². The third kappa shape index (κ3) is 3.37. The zero-order valence-electron chi connectivity index (χ0n) is 11.5. The summed E-state index contributed by atoms with van der Waals surface area (Å²) in [5, 5.41) is 0. The molecule has 0 radical (unpaired) electrons. The Balaban J connectivity index is 2.23. The summed E-state index contributed by atoms with van der Waals surface area (Å²) in [7, 11) is -3.56. The number of benzene rings is 2. The molecule has 3 N–H and O–H groups in total. The SMILES string of the molecule is Cc1ccc(NS(=O)(=O)c2ccc(C(C)N)cc2)cc1. The fourth-order valence-electron chi connectivity index (χ4n) is 1.79. The van der Waals surface area contributed by atoms with Crippen molar-refractivity contribution in [1.82, 2.24) is 0 Å². The van der Waals surface area contributed by atoms with Gasteiger partial charge in [-0.1, -0.05) is 29.8 Å². The van der Waals surface area contributed by atoms with Gasteiger partial charge in [-0.15, -0.1) is 0 Å². The maximum atomic E-state index is 12.2. The van der Waals surface area contributed by atoms with Crippen molar-refractivity contribution in [3.8, 4) is 0 Å². The Hall–Kier alpha value is -1.85. The average molecular weight is 290 g/mol. The Morgan fingerprint density at radius 2 is 1.55 bits per heavy atom. The molecule has 20 heavy (non-hydrogen) atoms. The lowest BCUT2D eigenvalue weighted by atomic mass is 10.1. The van der Waals surface area contributed by atoms with E-state index in [1.54, 1.807) is 36.4 Å². The van der Waals surface area contributed by atoms with E-state index >= 15 is 0 Å². The van der Waals surface area contributed by atoms with Crippen molar-refractivity contribution in [2.45, 2.75) is 24.8 Å². The number of hydrogen-bond acceptors (Lipinski definition) is 3. The first-order valence-corrected chi connectivity index (χ1v) is 7.82. The van der Waals surface area contributed by atoms with Gasteiger partial charge in [0, 0.05) is 11.7 Å². The topological polar surface area (TPSA) is 72.2 Å². The van der Waals surface area contributed by atoms with E-state index in [0.29, 0.717) is 5.69 Å². The Labute approximate surface area is 119 Å². The smallest absolute Gasteiger partial charge is 0.261 e. The van der Waals surface area contributed by atoms with Crippen LogP contribution in [0, 0.1) is 6.92 Å². The van der Waals surface area contributed by atoms with Crippen LogP contribution in [-0.4, -0.2) is 8.42 Å². The van der Waals surface area contributed by atoms with Gasteiger partial charge in [-0.25, -0.2) is 8.42 Å². The second kappa shape index (κ2) is 5.64. The second-order valence-corrected chi connectivity index (χ2v) is 6.51. The lowest BCUT2D eigenvalue weighted by Gasteiger charge is -2.10. The predicted octanol–water partition coefficient (Wildman–Crippen LogP) is 2.82. The monoisotopic (exact) mass is 290 g/mol. The molecule has 1 atom stereocenters. The van der Waals surface area contributed by atoms with Gasteiger partial charge in [0.2, 0.25) is 0 Å². The Bertz CT molecular complexity index is 675. The third-order valence-electron chi connectivity index (χ3n) is 3.02. The highest BCUT2D eigenvalue weighted by Gasteiger charge is 2.14. The first-order chi connectivity index (χ1) is 9.38. The molecule has 0 aliphatic carbocycles. The fraction of sp³-hybridized carbons (Fsp3) is 0.200. The van der Waals surface area contributed by atoms with Crippen LogP contribution < -0.4 is 10.5 Å². The molecule has 4 nitrogen and oxygen atoms in total. The van der Waals surface area contributed by atoms with Crippen molar-refractivity contribution in [1.29, 1.82) is 0 Å². The van der Waals surface area contributed by atoms with Crippen LogP contribution in [0.4, 0.5) is 5.69 Å². The highest BCUT2D eigenvalue weighted by Crippen LogP contribution is 2.18. The number of hydrogen-bond donors (Lipinski definition) is 2. The molecular formula is C15H18N2O2S. The van der Waals surface area contributed by atoms with Crippen LogP contribution in [0.5, 0.6) is 0 Å². The molecule has 0 spiro atoms. The molecule has 0 bridgehead atoms. The van der Waals surface area contributed by atoms with Gasteiger partial charge in [0.05, 0.1) is 4.90 Å². The summed E-state index contributed by atoms with van der Waals surface area (Å²) in [5.74, 6) is 0. The quantitative estimate of drug-likeness (QED) is 0.909. The number of anilines is 1. The first-order valence-electron chi connectivity index (χ1n) is 6.33. The number of sulfonamides is 1. The molecule has 1 unspecified atom stereocenters. The summed E-state index contributed by atoms with van der Waals surface area (Å²) in [5.41, 5.74) is 8.27. The number of aryl methyl sites for hydroxylation is 1. The number of rotatable bonds is 4. The minimum atomic E-state index is -3.56. The summed E-state index contributed by atoms with van der Waals surface area (Å²) in [6, 6.07) is 13.7. The minimum Gasteiger partial charge on any atom is -0.324 e. The Kier molecular flexibility index (Phi) is 4.11. The molecule has 2 aromatic carbocycles. The van der Waals surface area contributed by atoms with E-state index in [4.69, 9.17) is 5.73 Å². The molecule has 0 aromatic heterocycles. The van der Waals surface area contributed by atoms with Crippen molar-refractivity contribution < 1.29 is 8.42 Å². The van der Waals surface area contributed by atoms with Crippen LogP contribution in [0.25, 0.3) is 0 Å². The lowest BCUT2D eigenvalue weighted by molar-refractivity contribution is 0.601. The van der Waals surface area contributed by atoms with Gasteiger partial charge in [0.25, 0.3) is 10.0 Å². The molecule has 0 saturated carbocycles. The molecule has 0 amide bonds. The van der Waals surface area contributed by atoms with E-state index in [2.05, 4.69) is 4.72 Å². The minimum absolute atomic E-state index is 0.114. The molecule has 106 valence electrons. The van der Waals surface area contributed by atoms with Crippen LogP contribution in [0.3, 0.4) is 0 Å². The van der Waals surface area contributed by atoms with E-state index in [1.807, 2.05) is 26.0 Å². The van der Waals surface area contributed by atoms with Gasteiger partial charge >= 0.3 is 0 Å². The van der Waals surface area contributed by atoms with E-state index in [9.17, 15) is 8.42 Å². The summed E-state index contributed by atoms with van der Waals surface area (Å²) in [6.45, 7) is 3.80. The van der Waals surface area contributed by atoms with E-state index in [0.717, 1.165) is 11.1 Å². The van der Waals surface area contributed by atoms with Crippen molar-refractivity contribution in [3.05, 3.63) is 59.7 Å².